The molecule has 2 aromatic rings. The Morgan fingerprint density at radius 1 is 0.889 bits per heavy atom. The summed E-state index contributed by atoms with van der Waals surface area (Å²) in [5.41, 5.74) is 2.63. The lowest BCUT2D eigenvalue weighted by Gasteiger charge is -2.08. The van der Waals surface area contributed by atoms with Gasteiger partial charge in [-0.15, -0.1) is 0 Å². The summed E-state index contributed by atoms with van der Waals surface area (Å²) in [7, 11) is 0. The van der Waals surface area contributed by atoms with Gasteiger partial charge in [-0.25, -0.2) is 0 Å². The quantitative estimate of drug-likeness (QED) is 0.612. The summed E-state index contributed by atoms with van der Waals surface area (Å²) >= 11 is 0. The third-order valence-electron chi connectivity index (χ3n) is 3.24. The number of carbonyl (C=O) groups excluding carboxylic acids is 1. The van der Waals surface area contributed by atoms with E-state index in [0.717, 1.165) is 11.1 Å². The Morgan fingerprint density at radius 3 is 2.17 bits per heavy atom. The third kappa shape index (κ3) is 1.44. The molecule has 0 radical (unpaired) electrons. The Kier molecular flexibility index (Phi) is 2.45. The van der Waals surface area contributed by atoms with Crippen molar-refractivity contribution in [3.05, 3.63) is 71.3 Å². The Balaban J connectivity index is 2.18. The van der Waals surface area contributed by atoms with Gasteiger partial charge in [-0.1, -0.05) is 59.8 Å². The fourth-order valence-corrected chi connectivity index (χ4v) is 2.42. The fraction of sp³-hybridized carbons (Fsp3) is 0.0667. The van der Waals surface area contributed by atoms with Crippen LogP contribution in [0.25, 0.3) is 0 Å². The molecule has 88 valence electrons. The van der Waals surface area contributed by atoms with E-state index in [1.54, 1.807) is 6.07 Å². The van der Waals surface area contributed by atoms with Crippen LogP contribution < -0.4 is 0 Å². The third-order valence-corrected chi connectivity index (χ3v) is 3.24. The van der Waals surface area contributed by atoms with Crippen molar-refractivity contribution in [2.45, 2.75) is 5.92 Å². The molecular weight excluding hydrogens is 226 g/mol. The SMILES string of the molecule is O=C1c2ccccc2/C(=N/O)[C@@H]1c1ccccc1. The zero-order valence-electron chi connectivity index (χ0n) is 9.58. The van der Waals surface area contributed by atoms with Crippen molar-refractivity contribution in [2.24, 2.45) is 5.16 Å². The van der Waals surface area contributed by atoms with Crippen LogP contribution in [0.15, 0.2) is 59.8 Å². The van der Waals surface area contributed by atoms with E-state index in [0.29, 0.717) is 11.3 Å². The molecule has 0 spiro atoms. The van der Waals surface area contributed by atoms with Crippen molar-refractivity contribution in [2.75, 3.05) is 0 Å². The molecule has 0 amide bonds. The maximum atomic E-state index is 12.4. The average molecular weight is 237 g/mol. The number of benzene rings is 2. The highest BCUT2D eigenvalue weighted by atomic mass is 16.4. The molecule has 0 heterocycles. The molecule has 2 aromatic carbocycles. The van der Waals surface area contributed by atoms with E-state index in [1.807, 2.05) is 48.5 Å². The van der Waals surface area contributed by atoms with E-state index in [2.05, 4.69) is 5.16 Å². The lowest BCUT2D eigenvalue weighted by atomic mass is 9.94. The molecule has 3 heteroatoms. The molecule has 0 aromatic heterocycles. The Hall–Kier alpha value is -2.42. The molecule has 0 unspecified atom stereocenters. The van der Waals surface area contributed by atoms with E-state index < -0.39 is 5.92 Å². The number of hydrogen-bond acceptors (Lipinski definition) is 3. The molecule has 3 nitrogen and oxygen atoms in total. The number of ketones is 1. The summed E-state index contributed by atoms with van der Waals surface area (Å²) < 4.78 is 0. The zero-order valence-corrected chi connectivity index (χ0v) is 9.58. The van der Waals surface area contributed by atoms with Gasteiger partial charge in [-0.05, 0) is 5.56 Å². The van der Waals surface area contributed by atoms with Crippen molar-refractivity contribution < 1.29 is 10.0 Å². The number of fused-ring (bicyclic) bond motifs is 1. The van der Waals surface area contributed by atoms with Gasteiger partial charge in [0.05, 0.1) is 5.92 Å². The fourth-order valence-electron chi connectivity index (χ4n) is 2.42. The monoisotopic (exact) mass is 237 g/mol. The maximum Gasteiger partial charge on any atom is 0.177 e. The molecular formula is C15H11NO2. The predicted molar refractivity (Wildman–Crippen MR) is 68.3 cm³/mol. The van der Waals surface area contributed by atoms with E-state index in [9.17, 15) is 10.0 Å². The average Bonchev–Trinajstić information content (AvgIpc) is 2.73. The minimum absolute atomic E-state index is 0.00963. The summed E-state index contributed by atoms with van der Waals surface area (Å²) in [6.07, 6.45) is 0. The number of oxime groups is 1. The first-order valence-electron chi connectivity index (χ1n) is 5.73. The summed E-state index contributed by atoms with van der Waals surface area (Å²) in [6.45, 7) is 0. The van der Waals surface area contributed by atoms with Crippen molar-refractivity contribution in [3.63, 3.8) is 0 Å². The molecule has 0 bridgehead atoms. The lowest BCUT2D eigenvalue weighted by Crippen LogP contribution is -2.13. The van der Waals surface area contributed by atoms with E-state index in [-0.39, 0.29) is 5.78 Å². The largest absolute Gasteiger partial charge is 0.411 e. The predicted octanol–water partition coefficient (Wildman–Crippen LogP) is 2.85. The van der Waals surface area contributed by atoms with Gasteiger partial charge in [0, 0.05) is 11.1 Å². The van der Waals surface area contributed by atoms with Gasteiger partial charge in [-0.3, -0.25) is 4.79 Å². The van der Waals surface area contributed by atoms with Crippen molar-refractivity contribution in [1.29, 1.82) is 0 Å². The number of Topliss-reactive ketones (excluding diaryl/α,β-unsaturated/α-hetero) is 1. The molecule has 1 atom stereocenters. The molecule has 0 aliphatic heterocycles. The molecule has 1 aliphatic carbocycles. The van der Waals surface area contributed by atoms with Gasteiger partial charge in [0.1, 0.15) is 5.71 Å². The minimum atomic E-state index is -0.492. The Labute approximate surface area is 104 Å². The van der Waals surface area contributed by atoms with Gasteiger partial charge in [0.15, 0.2) is 5.78 Å². The number of nitrogens with zero attached hydrogens (tertiary/aromatic N) is 1. The lowest BCUT2D eigenvalue weighted by molar-refractivity contribution is 0.0987. The van der Waals surface area contributed by atoms with Crippen LogP contribution in [-0.4, -0.2) is 16.7 Å². The topological polar surface area (TPSA) is 49.7 Å². The van der Waals surface area contributed by atoms with Gasteiger partial charge >= 0.3 is 0 Å². The Bertz CT molecular complexity index is 632. The van der Waals surface area contributed by atoms with Gasteiger partial charge < -0.3 is 5.21 Å². The maximum absolute atomic E-state index is 12.4. The normalized spacial score (nSPS) is 20.1. The second kappa shape index (κ2) is 4.11. The van der Waals surface area contributed by atoms with Crippen LogP contribution in [0.5, 0.6) is 0 Å². The minimum Gasteiger partial charge on any atom is -0.411 e. The summed E-state index contributed by atoms with van der Waals surface area (Å²) in [6, 6.07) is 16.6. The van der Waals surface area contributed by atoms with E-state index in [4.69, 9.17) is 0 Å². The highest BCUT2D eigenvalue weighted by molar-refractivity contribution is 6.31. The van der Waals surface area contributed by atoms with Gasteiger partial charge in [0.25, 0.3) is 0 Å². The smallest absolute Gasteiger partial charge is 0.177 e. The van der Waals surface area contributed by atoms with E-state index in [1.165, 1.54) is 0 Å². The number of rotatable bonds is 1. The van der Waals surface area contributed by atoms with Crippen molar-refractivity contribution >= 4 is 11.5 Å². The molecule has 0 fully saturated rings. The molecule has 1 aliphatic rings. The van der Waals surface area contributed by atoms with E-state index >= 15 is 0 Å². The van der Waals surface area contributed by atoms with Crippen LogP contribution in [0.3, 0.4) is 0 Å². The first-order chi connectivity index (χ1) is 8.83. The standard InChI is InChI=1S/C15H11NO2/c17-15-12-9-5-4-8-11(12)14(16-18)13(15)10-6-2-1-3-7-10/h1-9,13,18H/b16-14-/t13-/m0/s1. The molecule has 0 saturated carbocycles. The first-order valence-corrected chi connectivity index (χ1v) is 5.73. The van der Waals surface area contributed by atoms with Gasteiger partial charge in [-0.2, -0.15) is 0 Å². The molecule has 18 heavy (non-hydrogen) atoms. The second-order valence-electron chi connectivity index (χ2n) is 4.24. The van der Waals surface area contributed by atoms with Crippen LogP contribution in [0.1, 0.15) is 27.4 Å². The Morgan fingerprint density at radius 2 is 1.50 bits per heavy atom. The van der Waals surface area contributed by atoms with Crippen molar-refractivity contribution in [3.8, 4) is 0 Å². The first kappa shape index (κ1) is 10.7. The molecule has 3 rings (SSSR count). The van der Waals surface area contributed by atoms with Crippen LogP contribution in [-0.2, 0) is 0 Å². The van der Waals surface area contributed by atoms with Crippen LogP contribution in [0, 0.1) is 0 Å². The van der Waals surface area contributed by atoms with Crippen LogP contribution in [0.2, 0.25) is 0 Å². The molecule has 0 saturated heterocycles. The number of hydrogen-bond donors (Lipinski definition) is 1. The second-order valence-corrected chi connectivity index (χ2v) is 4.24. The highest BCUT2D eigenvalue weighted by Gasteiger charge is 2.37. The van der Waals surface area contributed by atoms with Crippen molar-refractivity contribution in [1.82, 2.24) is 0 Å². The molecule has 1 N–H and O–H groups in total. The zero-order chi connectivity index (χ0) is 12.5. The summed E-state index contributed by atoms with van der Waals surface area (Å²) in [5, 5.41) is 12.5. The van der Waals surface area contributed by atoms with Gasteiger partial charge in [0.2, 0.25) is 0 Å². The summed E-state index contributed by atoms with van der Waals surface area (Å²) in [5.74, 6) is -0.502. The number of carbonyl (C=O) groups is 1. The highest BCUT2D eigenvalue weighted by Crippen LogP contribution is 2.34. The van der Waals surface area contributed by atoms with Crippen LogP contribution >= 0.6 is 0 Å². The van der Waals surface area contributed by atoms with Crippen LogP contribution in [0.4, 0.5) is 0 Å². The summed E-state index contributed by atoms with van der Waals surface area (Å²) in [4.78, 5) is 12.4.